The highest BCUT2D eigenvalue weighted by molar-refractivity contribution is 6.08. The SMILES string of the molecule is Cc1ccnc(Nc2nc3ccccc3c3cn[nH]c23)c1. The molecule has 0 amide bonds. The third-order valence-electron chi connectivity index (χ3n) is 3.46. The molecule has 0 spiro atoms. The smallest absolute Gasteiger partial charge is 0.158 e. The molecule has 4 aromatic rings. The van der Waals surface area contributed by atoms with Crippen molar-refractivity contribution in [1.82, 2.24) is 20.2 Å². The lowest BCUT2D eigenvalue weighted by Gasteiger charge is -2.08. The van der Waals surface area contributed by atoms with Crippen LogP contribution in [-0.2, 0) is 0 Å². The molecule has 4 rings (SSSR count). The van der Waals surface area contributed by atoms with Crippen molar-refractivity contribution in [2.24, 2.45) is 0 Å². The molecule has 5 heteroatoms. The number of benzene rings is 1. The number of nitrogens with zero attached hydrogens (tertiary/aromatic N) is 3. The van der Waals surface area contributed by atoms with Crippen LogP contribution in [0.5, 0.6) is 0 Å². The van der Waals surface area contributed by atoms with E-state index in [1.165, 1.54) is 0 Å². The molecule has 5 nitrogen and oxygen atoms in total. The van der Waals surface area contributed by atoms with Crippen LogP contribution < -0.4 is 5.32 Å². The van der Waals surface area contributed by atoms with Gasteiger partial charge in [-0.1, -0.05) is 18.2 Å². The van der Waals surface area contributed by atoms with Crippen LogP contribution in [0, 0.1) is 6.92 Å². The number of aromatic amines is 1. The number of aromatic nitrogens is 4. The molecule has 2 N–H and O–H groups in total. The third kappa shape index (κ3) is 1.99. The van der Waals surface area contributed by atoms with Crippen molar-refractivity contribution >= 4 is 33.4 Å². The van der Waals surface area contributed by atoms with E-state index in [0.29, 0.717) is 0 Å². The molecule has 0 unspecified atom stereocenters. The lowest BCUT2D eigenvalue weighted by Crippen LogP contribution is -1.98. The van der Waals surface area contributed by atoms with Gasteiger partial charge < -0.3 is 5.32 Å². The monoisotopic (exact) mass is 275 g/mol. The molecule has 0 radical (unpaired) electrons. The summed E-state index contributed by atoms with van der Waals surface area (Å²) < 4.78 is 0. The highest BCUT2D eigenvalue weighted by atomic mass is 15.1. The highest BCUT2D eigenvalue weighted by Crippen LogP contribution is 2.28. The molecule has 0 atom stereocenters. The largest absolute Gasteiger partial charge is 0.323 e. The standard InChI is InChI=1S/C16H13N5/c1-10-6-7-17-14(8-10)20-16-15-12(9-18-21-15)11-4-2-3-5-13(11)19-16/h2-9H,1H3,(H,18,21)(H,17,19,20). The molecule has 0 aliphatic rings. The summed E-state index contributed by atoms with van der Waals surface area (Å²) in [5.74, 6) is 1.51. The number of aryl methyl sites for hydroxylation is 1. The molecule has 0 saturated heterocycles. The van der Waals surface area contributed by atoms with E-state index in [0.717, 1.165) is 39.0 Å². The van der Waals surface area contributed by atoms with Crippen LogP contribution in [-0.4, -0.2) is 20.2 Å². The zero-order chi connectivity index (χ0) is 14.2. The number of anilines is 2. The van der Waals surface area contributed by atoms with E-state index in [4.69, 9.17) is 0 Å². The number of pyridine rings is 2. The second-order valence-electron chi connectivity index (χ2n) is 4.98. The van der Waals surface area contributed by atoms with Gasteiger partial charge in [0.25, 0.3) is 0 Å². The summed E-state index contributed by atoms with van der Waals surface area (Å²) in [7, 11) is 0. The second-order valence-corrected chi connectivity index (χ2v) is 4.98. The molecule has 0 bridgehead atoms. The van der Waals surface area contributed by atoms with Crippen LogP contribution in [0.3, 0.4) is 0 Å². The first-order valence-electron chi connectivity index (χ1n) is 6.73. The number of rotatable bonds is 2. The number of nitrogens with one attached hydrogen (secondary N) is 2. The summed E-state index contributed by atoms with van der Waals surface area (Å²) >= 11 is 0. The van der Waals surface area contributed by atoms with Gasteiger partial charge in [0.15, 0.2) is 5.82 Å². The van der Waals surface area contributed by atoms with Crippen LogP contribution in [0.25, 0.3) is 21.8 Å². The Morgan fingerprint density at radius 2 is 2.00 bits per heavy atom. The molecule has 102 valence electrons. The van der Waals surface area contributed by atoms with Gasteiger partial charge in [-0.15, -0.1) is 0 Å². The lowest BCUT2D eigenvalue weighted by atomic mass is 10.1. The molecular formula is C16H13N5. The minimum atomic E-state index is 0.735. The minimum Gasteiger partial charge on any atom is -0.323 e. The maximum Gasteiger partial charge on any atom is 0.158 e. The number of para-hydroxylation sites is 1. The summed E-state index contributed by atoms with van der Waals surface area (Å²) in [6.45, 7) is 2.03. The Morgan fingerprint density at radius 1 is 1.10 bits per heavy atom. The molecule has 3 aromatic heterocycles. The molecule has 21 heavy (non-hydrogen) atoms. The van der Waals surface area contributed by atoms with Crippen LogP contribution in [0.2, 0.25) is 0 Å². The van der Waals surface area contributed by atoms with Gasteiger partial charge in [-0.3, -0.25) is 5.10 Å². The molecule has 0 aliphatic carbocycles. The average Bonchev–Trinajstić information content (AvgIpc) is 2.97. The van der Waals surface area contributed by atoms with Crippen molar-refractivity contribution in [2.45, 2.75) is 6.92 Å². The Bertz CT molecular complexity index is 942. The Balaban J connectivity index is 1.92. The first kappa shape index (κ1) is 11.8. The predicted octanol–water partition coefficient (Wildman–Crippen LogP) is 3.56. The van der Waals surface area contributed by atoms with Crippen molar-refractivity contribution in [3.63, 3.8) is 0 Å². The maximum atomic E-state index is 4.68. The van der Waals surface area contributed by atoms with Crippen LogP contribution in [0.15, 0.2) is 48.8 Å². The van der Waals surface area contributed by atoms with Crippen molar-refractivity contribution in [1.29, 1.82) is 0 Å². The average molecular weight is 275 g/mol. The minimum absolute atomic E-state index is 0.735. The molecule has 0 aliphatic heterocycles. The fourth-order valence-corrected chi connectivity index (χ4v) is 2.46. The normalized spacial score (nSPS) is 11.1. The van der Waals surface area contributed by atoms with Crippen molar-refractivity contribution in [3.8, 4) is 0 Å². The van der Waals surface area contributed by atoms with E-state index in [1.807, 2.05) is 43.5 Å². The zero-order valence-corrected chi connectivity index (χ0v) is 11.5. The van der Waals surface area contributed by atoms with Gasteiger partial charge in [-0.05, 0) is 30.7 Å². The highest BCUT2D eigenvalue weighted by Gasteiger charge is 2.10. The first-order valence-corrected chi connectivity index (χ1v) is 6.73. The van der Waals surface area contributed by atoms with Crippen LogP contribution >= 0.6 is 0 Å². The van der Waals surface area contributed by atoms with E-state index < -0.39 is 0 Å². The Morgan fingerprint density at radius 3 is 2.90 bits per heavy atom. The van der Waals surface area contributed by atoms with E-state index in [-0.39, 0.29) is 0 Å². The number of hydrogen-bond donors (Lipinski definition) is 2. The van der Waals surface area contributed by atoms with Gasteiger partial charge in [0.1, 0.15) is 11.3 Å². The zero-order valence-electron chi connectivity index (χ0n) is 11.5. The second kappa shape index (κ2) is 4.56. The van der Waals surface area contributed by atoms with E-state index in [1.54, 1.807) is 6.20 Å². The fraction of sp³-hybridized carbons (Fsp3) is 0.0625. The Kier molecular flexibility index (Phi) is 2.57. The van der Waals surface area contributed by atoms with Crippen LogP contribution in [0.1, 0.15) is 5.56 Å². The van der Waals surface area contributed by atoms with Crippen molar-refractivity contribution in [3.05, 3.63) is 54.4 Å². The number of H-pyrrole nitrogens is 1. The van der Waals surface area contributed by atoms with Gasteiger partial charge >= 0.3 is 0 Å². The molecule has 1 aromatic carbocycles. The van der Waals surface area contributed by atoms with Crippen molar-refractivity contribution < 1.29 is 0 Å². The molecular weight excluding hydrogens is 262 g/mol. The third-order valence-corrected chi connectivity index (χ3v) is 3.46. The molecule has 0 saturated carbocycles. The Hall–Kier alpha value is -2.95. The lowest BCUT2D eigenvalue weighted by molar-refractivity contribution is 1.11. The number of fused-ring (bicyclic) bond motifs is 3. The first-order chi connectivity index (χ1) is 10.3. The number of hydrogen-bond acceptors (Lipinski definition) is 4. The van der Waals surface area contributed by atoms with Gasteiger partial charge in [0, 0.05) is 17.0 Å². The van der Waals surface area contributed by atoms with E-state index in [2.05, 4.69) is 31.5 Å². The van der Waals surface area contributed by atoms with E-state index >= 15 is 0 Å². The van der Waals surface area contributed by atoms with Crippen LogP contribution in [0.4, 0.5) is 11.6 Å². The summed E-state index contributed by atoms with van der Waals surface area (Å²) in [5.41, 5.74) is 2.97. The Labute approximate surface area is 121 Å². The molecule has 3 heterocycles. The summed E-state index contributed by atoms with van der Waals surface area (Å²) in [4.78, 5) is 9.00. The quantitative estimate of drug-likeness (QED) is 0.587. The summed E-state index contributed by atoms with van der Waals surface area (Å²) in [6.07, 6.45) is 3.61. The van der Waals surface area contributed by atoms with Crippen molar-refractivity contribution in [2.75, 3.05) is 5.32 Å². The van der Waals surface area contributed by atoms with Gasteiger partial charge in [-0.25, -0.2) is 9.97 Å². The topological polar surface area (TPSA) is 66.5 Å². The summed E-state index contributed by atoms with van der Waals surface area (Å²) in [6, 6.07) is 12.0. The fourth-order valence-electron chi connectivity index (χ4n) is 2.46. The van der Waals surface area contributed by atoms with Gasteiger partial charge in [-0.2, -0.15) is 5.10 Å². The van der Waals surface area contributed by atoms with E-state index in [9.17, 15) is 0 Å². The van der Waals surface area contributed by atoms with Gasteiger partial charge in [0.05, 0.1) is 11.7 Å². The summed E-state index contributed by atoms with van der Waals surface area (Å²) in [5, 5.41) is 12.6. The van der Waals surface area contributed by atoms with Gasteiger partial charge in [0.2, 0.25) is 0 Å². The maximum absolute atomic E-state index is 4.68. The molecule has 0 fully saturated rings. The predicted molar refractivity (Wildman–Crippen MR) is 83.7 cm³/mol.